The topological polar surface area (TPSA) is 53.1 Å². The number of hydrogen-bond donors (Lipinski definition) is 1. The van der Waals surface area contributed by atoms with Crippen molar-refractivity contribution in [1.82, 2.24) is 9.78 Å². The molecule has 0 aliphatic rings. The van der Waals surface area contributed by atoms with Crippen molar-refractivity contribution in [2.24, 2.45) is 0 Å². The van der Waals surface area contributed by atoms with E-state index in [2.05, 4.69) is 40.7 Å². The van der Waals surface area contributed by atoms with Gasteiger partial charge < -0.3 is 10.5 Å². The predicted molar refractivity (Wildman–Crippen MR) is 86.0 cm³/mol. The van der Waals surface area contributed by atoms with Crippen molar-refractivity contribution in [2.45, 2.75) is 32.4 Å². The summed E-state index contributed by atoms with van der Waals surface area (Å²) in [7, 11) is -1.03. The summed E-state index contributed by atoms with van der Waals surface area (Å²) in [4.78, 5) is 0. The van der Waals surface area contributed by atoms with Gasteiger partial charge in [-0.2, -0.15) is 5.10 Å². The van der Waals surface area contributed by atoms with Crippen molar-refractivity contribution in [3.8, 4) is 0 Å². The molecule has 19 heavy (non-hydrogen) atoms. The monoisotopic (exact) mass is 341 g/mol. The molecule has 0 amide bonds. The highest BCUT2D eigenvalue weighted by molar-refractivity contribution is 9.10. The molecule has 0 saturated heterocycles. The van der Waals surface area contributed by atoms with Gasteiger partial charge in [-0.3, -0.25) is 0 Å². The Kier molecular flexibility index (Phi) is 4.32. The van der Waals surface area contributed by atoms with E-state index >= 15 is 0 Å². The molecule has 1 aromatic carbocycles. The number of benzene rings is 1. The number of fused-ring (bicyclic) bond motifs is 1. The van der Waals surface area contributed by atoms with Crippen LogP contribution in [0.2, 0.25) is 25.7 Å². The van der Waals surface area contributed by atoms with Crippen LogP contribution >= 0.6 is 15.9 Å². The quantitative estimate of drug-likeness (QED) is 0.512. The maximum atomic E-state index is 5.79. The first-order chi connectivity index (χ1) is 8.87. The zero-order chi connectivity index (χ0) is 14.0. The molecule has 104 valence electrons. The molecule has 1 aromatic heterocycles. The van der Waals surface area contributed by atoms with Crippen molar-refractivity contribution in [1.29, 1.82) is 0 Å². The molecule has 4 nitrogen and oxygen atoms in total. The summed E-state index contributed by atoms with van der Waals surface area (Å²) in [6, 6.07) is 6.95. The Hall–Kier alpha value is -0.853. The highest BCUT2D eigenvalue weighted by atomic mass is 79.9. The van der Waals surface area contributed by atoms with Gasteiger partial charge in [0.05, 0.1) is 5.52 Å². The Morgan fingerprint density at radius 3 is 2.79 bits per heavy atom. The largest absolute Gasteiger partial charge is 0.399 e. The zero-order valence-corrected chi connectivity index (χ0v) is 14.2. The lowest BCUT2D eigenvalue weighted by molar-refractivity contribution is 0.0815. The molecule has 6 heteroatoms. The summed E-state index contributed by atoms with van der Waals surface area (Å²) in [6.07, 6.45) is 0. The van der Waals surface area contributed by atoms with Crippen molar-refractivity contribution in [3.63, 3.8) is 0 Å². The molecule has 1 heterocycles. The van der Waals surface area contributed by atoms with Gasteiger partial charge in [-0.15, -0.1) is 0 Å². The highest BCUT2D eigenvalue weighted by Gasteiger charge is 2.13. The Morgan fingerprint density at radius 2 is 2.11 bits per heavy atom. The van der Waals surface area contributed by atoms with E-state index in [1.54, 1.807) is 0 Å². The van der Waals surface area contributed by atoms with Gasteiger partial charge in [0, 0.05) is 25.8 Å². The number of anilines is 1. The van der Waals surface area contributed by atoms with Gasteiger partial charge in [-0.1, -0.05) is 19.6 Å². The first kappa shape index (κ1) is 14.6. The lowest BCUT2D eigenvalue weighted by Gasteiger charge is -2.15. The number of hydrogen-bond acceptors (Lipinski definition) is 3. The third-order valence-corrected chi connectivity index (χ3v) is 5.23. The number of nitrogen functional groups attached to an aromatic ring is 1. The number of nitrogens with zero attached hydrogens (tertiary/aromatic N) is 2. The van der Waals surface area contributed by atoms with Gasteiger partial charge >= 0.3 is 0 Å². The standard InChI is InChI=1S/C13H20BrN3OSi/c1-19(2,3)7-6-18-9-17-12-5-4-10(15)8-11(12)13(14)16-17/h4-5,8H,6-7,9,15H2,1-3H3. The van der Waals surface area contributed by atoms with Crippen LogP contribution < -0.4 is 5.73 Å². The van der Waals surface area contributed by atoms with Crippen LogP contribution in [-0.2, 0) is 11.5 Å². The molecular weight excluding hydrogens is 322 g/mol. The first-order valence-electron chi connectivity index (χ1n) is 6.36. The minimum Gasteiger partial charge on any atom is -0.399 e. The maximum Gasteiger partial charge on any atom is 0.140 e. The van der Waals surface area contributed by atoms with Gasteiger partial charge in [-0.25, -0.2) is 4.68 Å². The molecule has 0 saturated carbocycles. The summed E-state index contributed by atoms with van der Waals surface area (Å²) in [5, 5.41) is 5.45. The molecule has 0 spiro atoms. The van der Waals surface area contributed by atoms with Gasteiger partial charge in [0.15, 0.2) is 0 Å². The van der Waals surface area contributed by atoms with Crippen LogP contribution in [0.25, 0.3) is 10.9 Å². The van der Waals surface area contributed by atoms with E-state index in [1.165, 1.54) is 6.04 Å². The van der Waals surface area contributed by atoms with E-state index in [1.807, 2.05) is 22.9 Å². The van der Waals surface area contributed by atoms with E-state index in [9.17, 15) is 0 Å². The molecule has 0 unspecified atom stereocenters. The van der Waals surface area contributed by atoms with Crippen LogP contribution in [-0.4, -0.2) is 24.5 Å². The molecule has 2 aromatic rings. The molecule has 2 N–H and O–H groups in total. The Morgan fingerprint density at radius 1 is 1.37 bits per heavy atom. The van der Waals surface area contributed by atoms with Gasteiger partial charge in [-0.05, 0) is 40.2 Å². The van der Waals surface area contributed by atoms with Crippen LogP contribution in [0.4, 0.5) is 5.69 Å². The average Bonchev–Trinajstić information content (AvgIpc) is 2.60. The molecule has 0 fully saturated rings. The summed E-state index contributed by atoms with van der Waals surface area (Å²) >= 11 is 3.46. The highest BCUT2D eigenvalue weighted by Crippen LogP contribution is 2.25. The fourth-order valence-electron chi connectivity index (χ4n) is 1.79. The van der Waals surface area contributed by atoms with E-state index in [0.29, 0.717) is 6.73 Å². The summed E-state index contributed by atoms with van der Waals surface area (Å²) in [5.74, 6) is 0. The maximum absolute atomic E-state index is 5.79. The third kappa shape index (κ3) is 3.81. The third-order valence-electron chi connectivity index (χ3n) is 2.94. The normalized spacial score (nSPS) is 12.2. The van der Waals surface area contributed by atoms with Crippen LogP contribution in [0, 0.1) is 0 Å². The van der Waals surface area contributed by atoms with Gasteiger partial charge in [0.2, 0.25) is 0 Å². The molecular formula is C13H20BrN3OSi. The second kappa shape index (κ2) is 5.64. The van der Waals surface area contributed by atoms with Crippen LogP contribution in [0.3, 0.4) is 0 Å². The van der Waals surface area contributed by atoms with E-state index in [4.69, 9.17) is 10.5 Å². The number of aromatic nitrogens is 2. The summed E-state index contributed by atoms with van der Waals surface area (Å²) in [5.41, 5.74) is 7.57. The molecule has 0 aliphatic carbocycles. The molecule has 0 atom stereocenters. The van der Waals surface area contributed by atoms with E-state index in [0.717, 1.165) is 27.8 Å². The number of ether oxygens (including phenoxy) is 1. The number of rotatable bonds is 5. The lowest BCUT2D eigenvalue weighted by atomic mass is 10.2. The van der Waals surface area contributed by atoms with Gasteiger partial charge in [0.25, 0.3) is 0 Å². The minimum absolute atomic E-state index is 0.483. The fourth-order valence-corrected chi connectivity index (χ4v) is 3.05. The van der Waals surface area contributed by atoms with Crippen molar-refractivity contribution >= 4 is 40.6 Å². The molecule has 0 bridgehead atoms. The Bertz CT molecular complexity index is 577. The predicted octanol–water partition coefficient (Wildman–Crippen LogP) is 3.69. The van der Waals surface area contributed by atoms with Crippen LogP contribution in [0.15, 0.2) is 22.8 Å². The average molecular weight is 342 g/mol. The number of nitrogens with two attached hydrogens (primary N) is 1. The lowest BCUT2D eigenvalue weighted by Crippen LogP contribution is -2.22. The van der Waals surface area contributed by atoms with Crippen molar-refractivity contribution in [2.75, 3.05) is 12.3 Å². The zero-order valence-electron chi connectivity index (χ0n) is 11.6. The molecule has 2 rings (SSSR count). The van der Waals surface area contributed by atoms with Crippen molar-refractivity contribution < 1.29 is 4.74 Å². The second-order valence-corrected chi connectivity index (χ2v) is 12.3. The first-order valence-corrected chi connectivity index (χ1v) is 10.9. The van der Waals surface area contributed by atoms with E-state index < -0.39 is 8.07 Å². The minimum atomic E-state index is -1.03. The second-order valence-electron chi connectivity index (χ2n) is 5.91. The fraction of sp³-hybridized carbons (Fsp3) is 0.462. The van der Waals surface area contributed by atoms with Gasteiger partial charge in [0.1, 0.15) is 11.3 Å². The van der Waals surface area contributed by atoms with Crippen LogP contribution in [0.1, 0.15) is 0 Å². The SMILES string of the molecule is C[Si](C)(C)CCOCn1nc(Br)c2cc(N)ccc21. The Labute approximate surface area is 123 Å². The van der Waals surface area contributed by atoms with Crippen LogP contribution in [0.5, 0.6) is 0 Å². The van der Waals surface area contributed by atoms with E-state index in [-0.39, 0.29) is 0 Å². The summed E-state index contributed by atoms with van der Waals surface area (Å²) < 4.78 is 8.40. The molecule has 0 radical (unpaired) electrons. The molecule has 0 aliphatic heterocycles. The Balaban J connectivity index is 2.05. The summed E-state index contributed by atoms with van der Waals surface area (Å²) in [6.45, 7) is 8.32. The van der Waals surface area contributed by atoms with Crippen molar-refractivity contribution in [3.05, 3.63) is 22.8 Å². The number of halogens is 1. The smallest absolute Gasteiger partial charge is 0.140 e.